The Labute approximate surface area is 198 Å². The second kappa shape index (κ2) is 10.4. The highest BCUT2D eigenvalue weighted by molar-refractivity contribution is 6.07. The molecule has 0 aliphatic carbocycles. The maximum atomic E-state index is 15.0. The van der Waals surface area contributed by atoms with Gasteiger partial charge in [-0.2, -0.15) is 8.78 Å². The van der Waals surface area contributed by atoms with E-state index in [1.54, 1.807) is 0 Å². The van der Waals surface area contributed by atoms with Crippen LogP contribution in [0.15, 0.2) is 48.7 Å². The van der Waals surface area contributed by atoms with E-state index >= 15 is 0 Å². The molecular weight excluding hydrogens is 500 g/mol. The van der Waals surface area contributed by atoms with Crippen molar-refractivity contribution in [2.75, 3.05) is 5.32 Å². The maximum Gasteiger partial charge on any atom is 0.573 e. The molecule has 0 aliphatic heterocycles. The fourth-order valence-corrected chi connectivity index (χ4v) is 2.87. The summed E-state index contributed by atoms with van der Waals surface area (Å²) in [5, 5.41) is 2.33. The first kappa shape index (κ1) is 26.1. The van der Waals surface area contributed by atoms with E-state index in [0.29, 0.717) is 6.07 Å². The number of nitrogens with two attached hydrogens (primary N) is 1. The number of nitrogens with zero attached hydrogens (tertiary/aromatic N) is 1. The zero-order valence-electron chi connectivity index (χ0n) is 18.0. The SMILES string of the molecule is Cc1ccc(Oc2ccc(OC(F)(F)F)cc2OC(F)F)c(C(=O)Nc2ccnc(C(N)=O)c2)c1F. The number of amides is 2. The summed E-state index contributed by atoms with van der Waals surface area (Å²) < 4.78 is 91.5. The minimum atomic E-state index is -5.11. The number of hydrogen-bond donors (Lipinski definition) is 2. The van der Waals surface area contributed by atoms with Crippen LogP contribution in [0.25, 0.3) is 0 Å². The van der Waals surface area contributed by atoms with Crippen molar-refractivity contribution < 1.29 is 50.1 Å². The van der Waals surface area contributed by atoms with Crippen LogP contribution >= 0.6 is 0 Å². The first-order chi connectivity index (χ1) is 16.8. The number of anilines is 1. The maximum absolute atomic E-state index is 15.0. The number of hydrogen-bond acceptors (Lipinski definition) is 6. The smallest absolute Gasteiger partial charge is 0.453 e. The third-order valence-corrected chi connectivity index (χ3v) is 4.38. The van der Waals surface area contributed by atoms with Crippen molar-refractivity contribution in [2.24, 2.45) is 5.73 Å². The normalized spacial score (nSPS) is 11.2. The molecule has 190 valence electrons. The molecule has 0 saturated heterocycles. The van der Waals surface area contributed by atoms with Gasteiger partial charge >= 0.3 is 13.0 Å². The number of carbonyl (C=O) groups excluding carboxylic acids is 2. The van der Waals surface area contributed by atoms with Gasteiger partial charge in [0.25, 0.3) is 11.8 Å². The van der Waals surface area contributed by atoms with Gasteiger partial charge in [-0.1, -0.05) is 6.07 Å². The zero-order chi connectivity index (χ0) is 26.6. The minimum absolute atomic E-state index is 0.0121. The van der Waals surface area contributed by atoms with Crippen molar-refractivity contribution in [2.45, 2.75) is 19.9 Å². The summed E-state index contributed by atoms with van der Waals surface area (Å²) in [6, 6.07) is 6.80. The largest absolute Gasteiger partial charge is 0.573 e. The van der Waals surface area contributed by atoms with Crippen LogP contribution < -0.4 is 25.3 Å². The Morgan fingerprint density at radius 2 is 1.72 bits per heavy atom. The molecule has 0 fully saturated rings. The highest BCUT2D eigenvalue weighted by Crippen LogP contribution is 2.39. The van der Waals surface area contributed by atoms with Crippen molar-refractivity contribution in [1.29, 1.82) is 0 Å². The first-order valence-corrected chi connectivity index (χ1v) is 9.73. The van der Waals surface area contributed by atoms with Gasteiger partial charge in [0.05, 0.1) is 0 Å². The monoisotopic (exact) mass is 515 g/mol. The Bertz CT molecular complexity index is 1300. The Morgan fingerprint density at radius 1 is 1.03 bits per heavy atom. The molecule has 14 heteroatoms. The standard InChI is InChI=1S/C22H15F6N3O5/c1-10-2-4-15(17(18(10)23)20(33)31-11-6-7-30-13(8-11)19(29)32)34-14-5-3-12(36-22(26,27)28)9-16(14)35-21(24)25/h2-9,21H,1H3,(H2,29,32)(H,30,31,33). The van der Waals surface area contributed by atoms with E-state index in [1.165, 1.54) is 19.1 Å². The zero-order valence-corrected chi connectivity index (χ0v) is 18.0. The Hall–Kier alpha value is -4.49. The van der Waals surface area contributed by atoms with Gasteiger partial charge in [0, 0.05) is 18.0 Å². The van der Waals surface area contributed by atoms with Crippen LogP contribution in [0, 0.1) is 12.7 Å². The second-order valence-electron chi connectivity index (χ2n) is 6.95. The third kappa shape index (κ3) is 6.55. The molecule has 1 heterocycles. The molecule has 0 bridgehead atoms. The summed E-state index contributed by atoms with van der Waals surface area (Å²) in [5.74, 6) is -5.81. The van der Waals surface area contributed by atoms with Crippen LogP contribution in [0.5, 0.6) is 23.0 Å². The summed E-state index contributed by atoms with van der Waals surface area (Å²) in [5.41, 5.74) is 4.31. The predicted octanol–water partition coefficient (Wildman–Crippen LogP) is 5.17. The number of carbonyl (C=O) groups is 2. The molecule has 0 saturated carbocycles. The Balaban J connectivity index is 1.99. The van der Waals surface area contributed by atoms with Crippen LogP contribution in [-0.4, -0.2) is 29.8 Å². The molecule has 0 unspecified atom stereocenters. The molecule has 3 N–H and O–H groups in total. The number of alkyl halides is 5. The van der Waals surface area contributed by atoms with E-state index in [0.717, 1.165) is 30.5 Å². The van der Waals surface area contributed by atoms with Crippen molar-refractivity contribution in [3.8, 4) is 23.0 Å². The van der Waals surface area contributed by atoms with Crippen LogP contribution in [0.1, 0.15) is 26.4 Å². The summed E-state index contributed by atoms with van der Waals surface area (Å²) in [6.45, 7) is -2.13. The summed E-state index contributed by atoms with van der Waals surface area (Å²) >= 11 is 0. The van der Waals surface area contributed by atoms with E-state index in [-0.39, 0.29) is 16.9 Å². The van der Waals surface area contributed by atoms with Crippen LogP contribution in [0.3, 0.4) is 0 Å². The highest BCUT2D eigenvalue weighted by Gasteiger charge is 2.32. The summed E-state index contributed by atoms with van der Waals surface area (Å²) in [6.07, 6.45) is -3.95. The quantitative estimate of drug-likeness (QED) is 0.400. The second-order valence-corrected chi connectivity index (χ2v) is 6.95. The Morgan fingerprint density at radius 3 is 2.36 bits per heavy atom. The summed E-state index contributed by atoms with van der Waals surface area (Å²) in [4.78, 5) is 27.9. The van der Waals surface area contributed by atoms with Crippen LogP contribution in [0.4, 0.5) is 32.0 Å². The fourth-order valence-electron chi connectivity index (χ4n) is 2.87. The molecule has 0 radical (unpaired) electrons. The summed E-state index contributed by atoms with van der Waals surface area (Å²) in [7, 11) is 0. The number of ether oxygens (including phenoxy) is 3. The predicted molar refractivity (Wildman–Crippen MR) is 112 cm³/mol. The van der Waals surface area contributed by atoms with Gasteiger partial charge in [0.15, 0.2) is 11.5 Å². The van der Waals surface area contributed by atoms with E-state index in [2.05, 4.69) is 19.8 Å². The fraction of sp³-hybridized carbons (Fsp3) is 0.136. The molecule has 8 nitrogen and oxygen atoms in total. The number of halogens is 6. The number of nitrogens with one attached hydrogen (secondary N) is 1. The first-order valence-electron chi connectivity index (χ1n) is 9.73. The van der Waals surface area contributed by atoms with Crippen molar-refractivity contribution >= 4 is 17.5 Å². The molecule has 3 rings (SSSR count). The number of aryl methyl sites for hydroxylation is 1. The molecule has 36 heavy (non-hydrogen) atoms. The van der Waals surface area contributed by atoms with Gasteiger partial charge in [-0.3, -0.25) is 14.6 Å². The number of pyridine rings is 1. The average Bonchev–Trinajstić information content (AvgIpc) is 2.76. The molecule has 0 atom stereocenters. The van der Waals surface area contributed by atoms with Gasteiger partial charge in [-0.05, 0) is 42.8 Å². The van der Waals surface area contributed by atoms with Gasteiger partial charge in [-0.25, -0.2) is 4.39 Å². The van der Waals surface area contributed by atoms with E-state index in [4.69, 9.17) is 10.5 Å². The average molecular weight is 515 g/mol. The highest BCUT2D eigenvalue weighted by atomic mass is 19.4. The lowest BCUT2D eigenvalue weighted by Crippen LogP contribution is -2.18. The van der Waals surface area contributed by atoms with E-state index in [9.17, 15) is 35.9 Å². The Kier molecular flexibility index (Phi) is 7.56. The number of aromatic nitrogens is 1. The lowest BCUT2D eigenvalue weighted by Gasteiger charge is -2.17. The molecule has 2 amide bonds. The molecule has 0 aliphatic rings. The third-order valence-electron chi connectivity index (χ3n) is 4.38. The van der Waals surface area contributed by atoms with E-state index in [1.807, 2.05) is 0 Å². The molecule has 1 aromatic heterocycles. The van der Waals surface area contributed by atoms with Crippen molar-refractivity contribution in [3.63, 3.8) is 0 Å². The molecular formula is C22H15F6N3O5. The van der Waals surface area contributed by atoms with Gasteiger partial charge in [-0.15, -0.1) is 13.2 Å². The van der Waals surface area contributed by atoms with Crippen LogP contribution in [0.2, 0.25) is 0 Å². The number of benzene rings is 2. The topological polar surface area (TPSA) is 113 Å². The lowest BCUT2D eigenvalue weighted by molar-refractivity contribution is -0.274. The minimum Gasteiger partial charge on any atom is -0.453 e. The van der Waals surface area contributed by atoms with Crippen molar-refractivity contribution in [3.05, 3.63) is 71.3 Å². The van der Waals surface area contributed by atoms with E-state index < -0.39 is 59.2 Å². The van der Waals surface area contributed by atoms with Gasteiger partial charge in [0.2, 0.25) is 0 Å². The molecule has 2 aromatic carbocycles. The van der Waals surface area contributed by atoms with Gasteiger partial charge < -0.3 is 25.3 Å². The lowest BCUT2D eigenvalue weighted by atomic mass is 10.1. The molecule has 0 spiro atoms. The molecule has 3 aromatic rings. The van der Waals surface area contributed by atoms with Crippen molar-refractivity contribution in [1.82, 2.24) is 4.98 Å². The number of rotatable bonds is 8. The number of primary amides is 1. The van der Waals surface area contributed by atoms with Gasteiger partial charge in [0.1, 0.15) is 28.6 Å². The van der Waals surface area contributed by atoms with Crippen LogP contribution in [-0.2, 0) is 0 Å².